The first-order valence-corrected chi connectivity index (χ1v) is 10.4. The molecule has 0 unspecified atom stereocenters. The molecule has 2 heterocycles. The van der Waals surface area contributed by atoms with E-state index in [0.717, 1.165) is 17.1 Å². The third-order valence-corrected chi connectivity index (χ3v) is 5.09. The Labute approximate surface area is 197 Å². The quantitative estimate of drug-likeness (QED) is 0.195. The number of hydrogen-bond acceptors (Lipinski definition) is 10. The Morgan fingerprint density at radius 2 is 1.63 bits per heavy atom. The maximum atomic E-state index is 12.3. The minimum Gasteiger partial charge on any atom is -0.479 e. The highest BCUT2D eigenvalue weighted by molar-refractivity contribution is 6.14. The van der Waals surface area contributed by atoms with Crippen LogP contribution in [0.1, 0.15) is 6.42 Å². The highest BCUT2D eigenvalue weighted by Crippen LogP contribution is 2.29. The summed E-state index contributed by atoms with van der Waals surface area (Å²) in [5.74, 6) is -4.01. The second kappa shape index (κ2) is 11.1. The minimum absolute atomic E-state index is 0.0276. The number of imide groups is 1. The van der Waals surface area contributed by atoms with Crippen LogP contribution in [0.4, 0.5) is 5.69 Å². The number of ether oxygens (including phenoxy) is 2. The Bertz CT molecular complexity index is 1030. The number of aliphatic carboxylic acids is 1. The van der Waals surface area contributed by atoms with Gasteiger partial charge in [-0.25, -0.2) is 4.79 Å². The van der Waals surface area contributed by atoms with E-state index in [9.17, 15) is 39.3 Å². The summed E-state index contributed by atoms with van der Waals surface area (Å²) in [7, 11) is 0. The first kappa shape index (κ1) is 25.8. The minimum atomic E-state index is -1.88. The molecule has 3 rings (SSSR count). The van der Waals surface area contributed by atoms with Crippen molar-refractivity contribution in [1.29, 1.82) is 0 Å². The second-order valence-corrected chi connectivity index (χ2v) is 7.59. The number of carboxylic acids is 1. The summed E-state index contributed by atoms with van der Waals surface area (Å²) in [4.78, 5) is 59.1. The Balaban J connectivity index is 1.54. The number of benzene rings is 1. The molecule has 35 heavy (non-hydrogen) atoms. The standard InChI is InChI=1S/C21H23N3O11/c25-12(7-8-22-13(26)9-24-14(27)5-6-15(24)28)23-10-3-1-2-4-11(10)34-21-18(31)16(29)17(30)19(35-21)20(32)33/h1-6,16-19,21,29-31H,7-9H2,(H,22,26)(H,23,25)(H,32,33)/t16-,17-,18+,19-,21+/m0/s1. The zero-order chi connectivity index (χ0) is 25.7. The van der Waals surface area contributed by atoms with Gasteiger partial charge in [-0.2, -0.15) is 0 Å². The summed E-state index contributed by atoms with van der Waals surface area (Å²) in [5.41, 5.74) is 0.117. The lowest BCUT2D eigenvalue weighted by Crippen LogP contribution is -2.61. The van der Waals surface area contributed by atoms with Gasteiger partial charge in [0.25, 0.3) is 11.8 Å². The molecule has 1 aromatic carbocycles. The number of rotatable bonds is 9. The van der Waals surface area contributed by atoms with Crippen LogP contribution in [0.5, 0.6) is 5.75 Å². The molecule has 0 aliphatic carbocycles. The predicted molar refractivity (Wildman–Crippen MR) is 114 cm³/mol. The van der Waals surface area contributed by atoms with Crippen LogP contribution < -0.4 is 15.4 Å². The Morgan fingerprint density at radius 3 is 2.29 bits per heavy atom. The van der Waals surface area contributed by atoms with E-state index in [-0.39, 0.29) is 24.4 Å². The maximum absolute atomic E-state index is 12.3. The fourth-order valence-corrected chi connectivity index (χ4v) is 3.26. The molecule has 1 saturated heterocycles. The number of nitrogens with zero attached hydrogens (tertiary/aromatic N) is 1. The number of carbonyl (C=O) groups excluding carboxylic acids is 4. The van der Waals surface area contributed by atoms with Gasteiger partial charge in [-0.05, 0) is 12.1 Å². The lowest BCUT2D eigenvalue weighted by molar-refractivity contribution is -0.271. The van der Waals surface area contributed by atoms with E-state index in [4.69, 9.17) is 14.6 Å². The molecule has 0 spiro atoms. The van der Waals surface area contributed by atoms with Crippen LogP contribution >= 0.6 is 0 Å². The Morgan fingerprint density at radius 1 is 0.971 bits per heavy atom. The van der Waals surface area contributed by atoms with Gasteiger partial charge in [0.2, 0.25) is 18.1 Å². The number of aliphatic hydroxyl groups is 3. The van der Waals surface area contributed by atoms with Crippen LogP contribution in [0.25, 0.3) is 0 Å². The van der Waals surface area contributed by atoms with E-state index in [1.165, 1.54) is 18.2 Å². The van der Waals surface area contributed by atoms with Crippen molar-refractivity contribution < 1.29 is 53.9 Å². The van der Waals surface area contributed by atoms with Crippen LogP contribution in [0.2, 0.25) is 0 Å². The number of aliphatic hydroxyl groups excluding tert-OH is 3. The summed E-state index contributed by atoms with van der Waals surface area (Å²) in [6.07, 6.45) is -7.15. The van der Waals surface area contributed by atoms with Crippen molar-refractivity contribution in [1.82, 2.24) is 10.2 Å². The van der Waals surface area contributed by atoms with E-state index in [1.807, 2.05) is 0 Å². The monoisotopic (exact) mass is 493 g/mol. The van der Waals surface area contributed by atoms with E-state index < -0.39 is 66.8 Å². The lowest BCUT2D eigenvalue weighted by Gasteiger charge is -2.38. The average Bonchev–Trinajstić information content (AvgIpc) is 3.12. The fourth-order valence-electron chi connectivity index (χ4n) is 3.26. The SMILES string of the molecule is O=C(CN1C(=O)C=CC1=O)NCCC(=O)Nc1ccccc1O[C@@H]1O[C@H](C(=O)O)[C@@H](O)[C@H](O)[C@H]1O. The molecular weight excluding hydrogens is 470 g/mol. The van der Waals surface area contributed by atoms with Crippen molar-refractivity contribution in [2.24, 2.45) is 0 Å². The first-order chi connectivity index (χ1) is 16.6. The molecule has 0 bridgehead atoms. The maximum Gasteiger partial charge on any atom is 0.335 e. The number of para-hydroxylation sites is 2. The first-order valence-electron chi connectivity index (χ1n) is 10.4. The summed E-state index contributed by atoms with van der Waals surface area (Å²) in [6, 6.07) is 5.91. The highest BCUT2D eigenvalue weighted by Gasteiger charge is 2.48. The summed E-state index contributed by atoms with van der Waals surface area (Å²) in [5, 5.41) is 43.9. The molecule has 0 saturated carbocycles. The van der Waals surface area contributed by atoms with E-state index in [1.54, 1.807) is 6.07 Å². The molecule has 188 valence electrons. The molecule has 2 aliphatic rings. The normalized spacial score (nSPS) is 25.9. The molecule has 0 radical (unpaired) electrons. The van der Waals surface area contributed by atoms with Crippen molar-refractivity contribution in [3.8, 4) is 5.75 Å². The molecule has 0 aromatic heterocycles. The molecule has 14 nitrogen and oxygen atoms in total. The number of amides is 4. The van der Waals surface area contributed by atoms with Gasteiger partial charge in [-0.1, -0.05) is 12.1 Å². The lowest BCUT2D eigenvalue weighted by atomic mass is 9.99. The van der Waals surface area contributed by atoms with Gasteiger partial charge in [0.05, 0.1) is 5.69 Å². The van der Waals surface area contributed by atoms with Crippen LogP contribution in [0, 0.1) is 0 Å². The predicted octanol–water partition coefficient (Wildman–Crippen LogP) is -2.67. The number of nitrogens with one attached hydrogen (secondary N) is 2. The van der Waals surface area contributed by atoms with Gasteiger partial charge in [0.1, 0.15) is 30.6 Å². The average molecular weight is 493 g/mol. The number of hydrogen-bond donors (Lipinski definition) is 6. The molecule has 5 atom stereocenters. The van der Waals surface area contributed by atoms with Gasteiger partial charge >= 0.3 is 5.97 Å². The molecule has 2 aliphatic heterocycles. The summed E-state index contributed by atoms with van der Waals surface area (Å²) >= 11 is 0. The van der Waals surface area contributed by atoms with E-state index >= 15 is 0 Å². The van der Waals surface area contributed by atoms with Gasteiger partial charge < -0.3 is 40.5 Å². The summed E-state index contributed by atoms with van der Waals surface area (Å²) in [6.45, 7) is -0.587. The Kier molecular flexibility index (Phi) is 8.14. The van der Waals surface area contributed by atoms with Crippen LogP contribution in [-0.2, 0) is 28.7 Å². The molecular formula is C21H23N3O11. The van der Waals surface area contributed by atoms with Crippen molar-refractivity contribution in [3.05, 3.63) is 36.4 Å². The van der Waals surface area contributed by atoms with E-state index in [0.29, 0.717) is 0 Å². The zero-order valence-electron chi connectivity index (χ0n) is 18.1. The van der Waals surface area contributed by atoms with Crippen LogP contribution in [-0.4, -0.2) is 98.7 Å². The van der Waals surface area contributed by atoms with Crippen molar-refractivity contribution in [3.63, 3.8) is 0 Å². The fraction of sp³-hybridized carbons (Fsp3) is 0.381. The number of carboxylic acid groups (broad SMARTS) is 1. The van der Waals surface area contributed by atoms with Gasteiger partial charge in [0, 0.05) is 25.1 Å². The smallest absolute Gasteiger partial charge is 0.335 e. The topological polar surface area (TPSA) is 212 Å². The third-order valence-electron chi connectivity index (χ3n) is 5.09. The third kappa shape index (κ3) is 6.19. The Hall–Kier alpha value is -3.85. The van der Waals surface area contributed by atoms with Crippen molar-refractivity contribution in [2.75, 3.05) is 18.4 Å². The summed E-state index contributed by atoms with van der Waals surface area (Å²) < 4.78 is 10.5. The van der Waals surface area contributed by atoms with Crippen molar-refractivity contribution in [2.45, 2.75) is 37.1 Å². The second-order valence-electron chi connectivity index (χ2n) is 7.59. The number of anilines is 1. The molecule has 1 aromatic rings. The molecule has 14 heteroatoms. The largest absolute Gasteiger partial charge is 0.479 e. The highest BCUT2D eigenvalue weighted by atomic mass is 16.7. The van der Waals surface area contributed by atoms with Gasteiger partial charge in [-0.15, -0.1) is 0 Å². The van der Waals surface area contributed by atoms with Gasteiger partial charge in [0.15, 0.2) is 6.10 Å². The van der Waals surface area contributed by atoms with Gasteiger partial charge in [-0.3, -0.25) is 24.1 Å². The van der Waals surface area contributed by atoms with E-state index in [2.05, 4.69) is 10.6 Å². The zero-order valence-corrected chi connectivity index (χ0v) is 18.1. The van der Waals surface area contributed by atoms with Crippen LogP contribution in [0.3, 0.4) is 0 Å². The molecule has 4 amide bonds. The molecule has 6 N–H and O–H groups in total. The molecule has 1 fully saturated rings. The van der Waals surface area contributed by atoms with Crippen molar-refractivity contribution >= 4 is 35.3 Å². The van der Waals surface area contributed by atoms with Crippen LogP contribution in [0.15, 0.2) is 36.4 Å². The number of carbonyl (C=O) groups is 5.